The van der Waals surface area contributed by atoms with Crippen LogP contribution in [0.3, 0.4) is 0 Å². The summed E-state index contributed by atoms with van der Waals surface area (Å²) in [5.41, 5.74) is -0.163. The van der Waals surface area contributed by atoms with Crippen molar-refractivity contribution in [2.45, 2.75) is 64.1 Å². The van der Waals surface area contributed by atoms with Gasteiger partial charge in [0.25, 0.3) is 0 Å². The minimum absolute atomic E-state index is 0.0272. The van der Waals surface area contributed by atoms with Crippen LogP contribution in [0.5, 0.6) is 0 Å². The highest BCUT2D eigenvalue weighted by Gasteiger charge is 2.36. The Morgan fingerprint density at radius 2 is 2.21 bits per heavy atom. The molecule has 2 aliphatic heterocycles. The van der Waals surface area contributed by atoms with Gasteiger partial charge in [-0.1, -0.05) is 0 Å². The van der Waals surface area contributed by atoms with Gasteiger partial charge < -0.3 is 15.5 Å². The lowest BCUT2D eigenvalue weighted by molar-refractivity contribution is -0.131. The van der Waals surface area contributed by atoms with E-state index in [2.05, 4.69) is 10.6 Å². The molecule has 5 heteroatoms. The highest BCUT2D eigenvalue weighted by atomic mass is 16.2. The Balaban J connectivity index is 1.80. The van der Waals surface area contributed by atoms with Gasteiger partial charge in [0.2, 0.25) is 11.8 Å². The zero-order valence-corrected chi connectivity index (χ0v) is 12.2. The molecule has 2 rings (SSSR count). The predicted molar refractivity (Wildman–Crippen MR) is 73.7 cm³/mol. The van der Waals surface area contributed by atoms with E-state index in [-0.39, 0.29) is 23.4 Å². The molecule has 2 aliphatic rings. The highest BCUT2D eigenvalue weighted by Crippen LogP contribution is 2.22. The molecule has 2 unspecified atom stereocenters. The van der Waals surface area contributed by atoms with E-state index in [9.17, 15) is 9.59 Å². The van der Waals surface area contributed by atoms with Gasteiger partial charge >= 0.3 is 0 Å². The number of carbonyl (C=O) groups excluding carboxylic acids is 2. The van der Waals surface area contributed by atoms with Crippen LogP contribution >= 0.6 is 0 Å². The first kappa shape index (κ1) is 14.3. The summed E-state index contributed by atoms with van der Waals surface area (Å²) in [6.45, 7) is 7.72. The van der Waals surface area contributed by atoms with Crippen LogP contribution in [0, 0.1) is 0 Å². The second kappa shape index (κ2) is 5.49. The van der Waals surface area contributed by atoms with Crippen LogP contribution in [-0.2, 0) is 9.59 Å². The lowest BCUT2D eigenvalue weighted by atomic mass is 10.1. The summed E-state index contributed by atoms with van der Waals surface area (Å²) in [5, 5.41) is 6.31. The van der Waals surface area contributed by atoms with Gasteiger partial charge in [0.15, 0.2) is 0 Å². The molecular weight excluding hydrogens is 242 g/mol. The van der Waals surface area contributed by atoms with Crippen molar-refractivity contribution in [2.24, 2.45) is 0 Å². The van der Waals surface area contributed by atoms with E-state index < -0.39 is 0 Å². The van der Waals surface area contributed by atoms with E-state index in [4.69, 9.17) is 0 Å². The molecule has 19 heavy (non-hydrogen) atoms. The van der Waals surface area contributed by atoms with Gasteiger partial charge in [-0.05, 0) is 40.2 Å². The molecule has 2 atom stereocenters. The van der Waals surface area contributed by atoms with Crippen molar-refractivity contribution in [3.05, 3.63) is 0 Å². The Morgan fingerprint density at radius 3 is 2.74 bits per heavy atom. The molecule has 0 aromatic heterocycles. The minimum atomic E-state index is -0.163. The zero-order valence-electron chi connectivity index (χ0n) is 12.2. The molecule has 0 spiro atoms. The maximum Gasteiger partial charge on any atom is 0.225 e. The maximum absolute atomic E-state index is 11.9. The van der Waals surface area contributed by atoms with Gasteiger partial charge in [-0.3, -0.25) is 9.59 Å². The van der Waals surface area contributed by atoms with E-state index >= 15 is 0 Å². The standard InChI is InChI=1S/C14H25N3O2/c1-14(2,3)17-9-11(8-13(17)19)16-12(18)7-10-5-4-6-15-10/h10-11,15H,4-9H2,1-3H3,(H,16,18). The van der Waals surface area contributed by atoms with E-state index in [1.807, 2.05) is 25.7 Å². The SMILES string of the molecule is CC(C)(C)N1CC(NC(=O)CC2CCCN2)CC1=O. The molecule has 0 aromatic rings. The van der Waals surface area contributed by atoms with Crippen molar-refractivity contribution in [1.29, 1.82) is 0 Å². The number of carbonyl (C=O) groups is 2. The molecule has 0 aliphatic carbocycles. The van der Waals surface area contributed by atoms with Crippen LogP contribution in [0.2, 0.25) is 0 Å². The van der Waals surface area contributed by atoms with E-state index in [1.165, 1.54) is 0 Å². The van der Waals surface area contributed by atoms with E-state index in [1.54, 1.807) is 0 Å². The van der Waals surface area contributed by atoms with Crippen molar-refractivity contribution < 1.29 is 9.59 Å². The van der Waals surface area contributed by atoms with Crippen LogP contribution in [0.25, 0.3) is 0 Å². The maximum atomic E-state index is 11.9. The van der Waals surface area contributed by atoms with E-state index in [0.29, 0.717) is 25.4 Å². The fourth-order valence-electron chi connectivity index (χ4n) is 2.89. The summed E-state index contributed by atoms with van der Waals surface area (Å²) in [5.74, 6) is 0.199. The minimum Gasteiger partial charge on any atom is -0.351 e. The van der Waals surface area contributed by atoms with Crippen LogP contribution in [0.4, 0.5) is 0 Å². The average Bonchev–Trinajstić information content (AvgIpc) is 2.87. The molecule has 2 heterocycles. The molecule has 2 fully saturated rings. The van der Waals surface area contributed by atoms with Crippen molar-refractivity contribution in [3.8, 4) is 0 Å². The summed E-state index contributed by atoms with van der Waals surface area (Å²) in [4.78, 5) is 25.7. The molecule has 0 bridgehead atoms. The van der Waals surface area contributed by atoms with Gasteiger partial charge in [0.1, 0.15) is 0 Å². The third-order valence-electron chi connectivity index (χ3n) is 3.89. The van der Waals surface area contributed by atoms with Crippen molar-refractivity contribution in [2.75, 3.05) is 13.1 Å². The number of rotatable bonds is 3. The predicted octanol–water partition coefficient (Wildman–Crippen LogP) is 0.644. The highest BCUT2D eigenvalue weighted by molar-refractivity contribution is 5.82. The van der Waals surface area contributed by atoms with Crippen LogP contribution in [0.15, 0.2) is 0 Å². The van der Waals surface area contributed by atoms with Crippen LogP contribution in [-0.4, -0.2) is 47.4 Å². The van der Waals surface area contributed by atoms with Gasteiger partial charge in [-0.15, -0.1) is 0 Å². The van der Waals surface area contributed by atoms with Crippen LogP contribution in [0.1, 0.15) is 46.5 Å². The Labute approximate surface area is 115 Å². The summed E-state index contributed by atoms with van der Waals surface area (Å²) in [7, 11) is 0. The first-order chi connectivity index (χ1) is 8.86. The van der Waals surface area contributed by atoms with E-state index in [0.717, 1.165) is 19.4 Å². The third-order valence-corrected chi connectivity index (χ3v) is 3.89. The Hall–Kier alpha value is -1.10. The second-order valence-electron chi connectivity index (χ2n) is 6.64. The summed E-state index contributed by atoms with van der Waals surface area (Å²) in [6, 6.07) is 0.288. The van der Waals surface area contributed by atoms with Gasteiger partial charge in [0, 0.05) is 31.0 Å². The smallest absolute Gasteiger partial charge is 0.225 e. The number of likely N-dealkylation sites (tertiary alicyclic amines) is 1. The molecule has 0 aromatic carbocycles. The molecule has 0 radical (unpaired) electrons. The largest absolute Gasteiger partial charge is 0.351 e. The summed E-state index contributed by atoms with van der Waals surface area (Å²) >= 11 is 0. The monoisotopic (exact) mass is 267 g/mol. The fraction of sp³-hybridized carbons (Fsp3) is 0.857. The molecule has 0 saturated carbocycles. The topological polar surface area (TPSA) is 61.4 Å². The summed E-state index contributed by atoms with van der Waals surface area (Å²) < 4.78 is 0. The number of nitrogens with zero attached hydrogens (tertiary/aromatic N) is 1. The Bertz CT molecular complexity index is 356. The van der Waals surface area contributed by atoms with Gasteiger partial charge in [-0.2, -0.15) is 0 Å². The fourth-order valence-corrected chi connectivity index (χ4v) is 2.89. The number of nitrogens with one attached hydrogen (secondary N) is 2. The number of amides is 2. The lowest BCUT2D eigenvalue weighted by Gasteiger charge is -2.32. The van der Waals surface area contributed by atoms with Gasteiger partial charge in [0.05, 0.1) is 6.04 Å². The summed E-state index contributed by atoms with van der Waals surface area (Å²) in [6.07, 6.45) is 3.18. The zero-order chi connectivity index (χ0) is 14.0. The Morgan fingerprint density at radius 1 is 1.47 bits per heavy atom. The quantitative estimate of drug-likeness (QED) is 0.789. The molecule has 2 N–H and O–H groups in total. The van der Waals surface area contributed by atoms with Crippen molar-refractivity contribution in [1.82, 2.24) is 15.5 Å². The molecule has 5 nitrogen and oxygen atoms in total. The molecule has 2 saturated heterocycles. The van der Waals surface area contributed by atoms with Crippen molar-refractivity contribution >= 4 is 11.8 Å². The molecule has 108 valence electrons. The first-order valence-electron chi connectivity index (χ1n) is 7.19. The van der Waals surface area contributed by atoms with Gasteiger partial charge in [-0.25, -0.2) is 0 Å². The number of hydrogen-bond acceptors (Lipinski definition) is 3. The number of hydrogen-bond donors (Lipinski definition) is 2. The lowest BCUT2D eigenvalue weighted by Crippen LogP contribution is -2.45. The van der Waals surface area contributed by atoms with Crippen molar-refractivity contribution in [3.63, 3.8) is 0 Å². The third kappa shape index (κ3) is 3.69. The van der Waals surface area contributed by atoms with Crippen LogP contribution < -0.4 is 10.6 Å². The Kier molecular flexibility index (Phi) is 4.13. The second-order valence-corrected chi connectivity index (χ2v) is 6.64. The molecule has 2 amide bonds. The molecular formula is C14H25N3O2. The average molecular weight is 267 g/mol. The first-order valence-corrected chi connectivity index (χ1v) is 7.19. The normalized spacial score (nSPS) is 27.9.